The molecule has 318 valence electrons. The van der Waals surface area contributed by atoms with Crippen molar-refractivity contribution in [2.45, 2.75) is 149 Å². The van der Waals surface area contributed by atoms with Crippen molar-refractivity contribution in [3.05, 3.63) is 35.9 Å². The minimum atomic E-state index is -0.923. The highest BCUT2D eigenvalue weighted by molar-refractivity contribution is 5.90. The van der Waals surface area contributed by atoms with Gasteiger partial charge in [0.05, 0.1) is 42.7 Å². The van der Waals surface area contributed by atoms with E-state index in [4.69, 9.17) is 14.2 Å². The van der Waals surface area contributed by atoms with Gasteiger partial charge >= 0.3 is 5.97 Å². The zero-order valence-corrected chi connectivity index (χ0v) is 36.6. The summed E-state index contributed by atoms with van der Waals surface area (Å²) >= 11 is 0. The van der Waals surface area contributed by atoms with E-state index in [-0.39, 0.29) is 54.2 Å². The predicted octanol–water partition coefficient (Wildman–Crippen LogP) is 4.36. The summed E-state index contributed by atoms with van der Waals surface area (Å²) < 4.78 is 17.7. The Morgan fingerprint density at radius 1 is 0.893 bits per heavy atom. The van der Waals surface area contributed by atoms with Crippen molar-refractivity contribution < 1.29 is 38.2 Å². The molecule has 1 saturated heterocycles. The molecule has 13 nitrogen and oxygen atoms in total. The lowest BCUT2D eigenvalue weighted by atomic mass is 9.89. The average molecular weight is 788 g/mol. The van der Waals surface area contributed by atoms with Gasteiger partial charge in [0.2, 0.25) is 23.6 Å². The number of carbonyl (C=O) groups is 5. The summed E-state index contributed by atoms with van der Waals surface area (Å²) in [7, 11) is 6.53. The molecule has 0 bridgehead atoms. The molecule has 0 spiro atoms. The van der Waals surface area contributed by atoms with Gasteiger partial charge < -0.3 is 40.0 Å². The highest BCUT2D eigenvalue weighted by Crippen LogP contribution is 2.30. The van der Waals surface area contributed by atoms with Crippen LogP contribution >= 0.6 is 0 Å². The topological polar surface area (TPSA) is 156 Å². The molecular weight excluding hydrogens is 714 g/mol. The maximum atomic E-state index is 14.3. The molecule has 0 aromatic heterocycles. The number of amides is 4. The minimum Gasteiger partial charge on any atom is -0.458 e. The lowest BCUT2D eigenvalue weighted by Crippen LogP contribution is -2.59. The van der Waals surface area contributed by atoms with Crippen LogP contribution in [0.5, 0.6) is 0 Å². The van der Waals surface area contributed by atoms with Gasteiger partial charge in [-0.25, -0.2) is 4.79 Å². The van der Waals surface area contributed by atoms with Gasteiger partial charge in [0.25, 0.3) is 0 Å². The Bertz CT molecular complexity index is 1420. The molecule has 13 heteroatoms. The Morgan fingerprint density at radius 3 is 2.00 bits per heavy atom. The van der Waals surface area contributed by atoms with Crippen molar-refractivity contribution in [1.29, 1.82) is 0 Å². The molecule has 1 unspecified atom stereocenters. The maximum absolute atomic E-state index is 14.3. The summed E-state index contributed by atoms with van der Waals surface area (Å²) in [5.74, 6) is -2.48. The van der Waals surface area contributed by atoms with E-state index in [1.807, 2.05) is 71.9 Å². The van der Waals surface area contributed by atoms with Gasteiger partial charge in [0, 0.05) is 34.2 Å². The number of methoxy groups -OCH3 is 2. The summed E-state index contributed by atoms with van der Waals surface area (Å²) in [6, 6.07) is 6.42. The zero-order chi connectivity index (χ0) is 42.5. The average Bonchev–Trinajstić information content (AvgIpc) is 3.62. The molecule has 2 rings (SSSR count). The first kappa shape index (κ1) is 48.6. The van der Waals surface area contributed by atoms with Crippen molar-refractivity contribution in [2.75, 3.05) is 34.9 Å². The van der Waals surface area contributed by atoms with E-state index in [9.17, 15) is 24.0 Å². The third kappa shape index (κ3) is 13.5. The van der Waals surface area contributed by atoms with Gasteiger partial charge in [0.1, 0.15) is 17.7 Å². The second-order valence-corrected chi connectivity index (χ2v) is 17.1. The first-order valence-electron chi connectivity index (χ1n) is 20.4. The zero-order valence-electron chi connectivity index (χ0n) is 36.6. The van der Waals surface area contributed by atoms with Crippen LogP contribution in [0.15, 0.2) is 30.3 Å². The van der Waals surface area contributed by atoms with Crippen LogP contribution in [0, 0.1) is 23.7 Å². The fraction of sp³-hybridized carbons (Fsp3) is 0.744. The van der Waals surface area contributed by atoms with Gasteiger partial charge in [-0.15, -0.1) is 0 Å². The van der Waals surface area contributed by atoms with Gasteiger partial charge in [-0.2, -0.15) is 0 Å². The summed E-state index contributed by atoms with van der Waals surface area (Å²) in [6.45, 7) is 19.3. The van der Waals surface area contributed by atoms with Gasteiger partial charge in [-0.1, -0.05) is 85.2 Å². The van der Waals surface area contributed by atoms with Crippen LogP contribution in [-0.2, 0) is 44.6 Å². The first-order valence-corrected chi connectivity index (χ1v) is 20.4. The summed E-state index contributed by atoms with van der Waals surface area (Å²) in [4.78, 5) is 72.3. The molecular formula is C43H73N5O8. The number of hydrogen-bond donors (Lipinski definition) is 3. The first-order chi connectivity index (χ1) is 26.2. The van der Waals surface area contributed by atoms with Crippen molar-refractivity contribution in [1.82, 2.24) is 25.8 Å². The second-order valence-electron chi connectivity index (χ2n) is 17.1. The number of ether oxygens (including phenoxy) is 3. The van der Waals surface area contributed by atoms with Crippen LogP contribution in [0.1, 0.15) is 100 Å². The monoisotopic (exact) mass is 788 g/mol. The molecule has 1 aliphatic heterocycles. The Kier molecular flexibility index (Phi) is 19.4. The van der Waals surface area contributed by atoms with E-state index in [0.29, 0.717) is 13.0 Å². The summed E-state index contributed by atoms with van der Waals surface area (Å²) in [5, 5.41) is 8.96. The van der Waals surface area contributed by atoms with Crippen LogP contribution in [0.25, 0.3) is 0 Å². The third-order valence-electron chi connectivity index (χ3n) is 11.0. The summed E-state index contributed by atoms with van der Waals surface area (Å²) in [5.41, 5.74) is 0.134. The molecule has 0 saturated carbocycles. The number of nitrogens with one attached hydrogen (secondary N) is 3. The van der Waals surface area contributed by atoms with Gasteiger partial charge in [-0.05, 0) is 64.0 Å². The highest BCUT2D eigenvalue weighted by atomic mass is 16.6. The molecule has 1 fully saturated rings. The minimum absolute atomic E-state index is 0.00230. The quantitative estimate of drug-likeness (QED) is 0.154. The number of rotatable bonds is 21. The van der Waals surface area contributed by atoms with E-state index < -0.39 is 59.9 Å². The number of carbonyl (C=O) groups excluding carboxylic acids is 5. The molecule has 3 N–H and O–H groups in total. The molecule has 0 aliphatic carbocycles. The second kappa shape index (κ2) is 22.4. The molecule has 4 amide bonds. The Hall–Kier alpha value is -3.55. The third-order valence-corrected chi connectivity index (χ3v) is 11.0. The number of benzene rings is 1. The highest BCUT2D eigenvalue weighted by Gasteiger charge is 2.43. The molecule has 0 radical (unpaired) electrons. The lowest BCUT2D eigenvalue weighted by Gasteiger charge is -2.41. The van der Waals surface area contributed by atoms with Crippen LogP contribution < -0.4 is 16.0 Å². The fourth-order valence-corrected chi connectivity index (χ4v) is 7.77. The number of hydrogen-bond acceptors (Lipinski definition) is 9. The normalized spacial score (nSPS) is 19.0. The number of nitrogens with zero attached hydrogens (tertiary/aromatic N) is 2. The molecule has 1 aromatic rings. The van der Waals surface area contributed by atoms with E-state index in [1.54, 1.807) is 58.7 Å². The van der Waals surface area contributed by atoms with Gasteiger partial charge in [0.15, 0.2) is 0 Å². The molecule has 56 heavy (non-hydrogen) atoms. The molecule has 1 aliphatic rings. The SMILES string of the molecule is CC[C@H](C)[C@@H]([C@@H](CC(=O)N1CCC[C@H]1[C@H](OC)[C@@H](C)C(=O)NC(Cc1ccccc1)C(=O)OC(C)(C)C)OC)N(C)C(=O)[C@@H](NC(=O)[C@@H](NC)C(C)C)C(C)C. The molecule has 1 aromatic carbocycles. The van der Waals surface area contributed by atoms with Crippen molar-refractivity contribution in [2.24, 2.45) is 23.7 Å². The van der Waals surface area contributed by atoms with Crippen LogP contribution in [0.3, 0.4) is 0 Å². The van der Waals surface area contributed by atoms with Crippen LogP contribution in [0.2, 0.25) is 0 Å². The largest absolute Gasteiger partial charge is 0.458 e. The smallest absolute Gasteiger partial charge is 0.329 e. The maximum Gasteiger partial charge on any atom is 0.329 e. The van der Waals surface area contributed by atoms with Crippen LogP contribution in [0.4, 0.5) is 0 Å². The Labute approximate surface area is 336 Å². The van der Waals surface area contributed by atoms with E-state index in [0.717, 1.165) is 18.4 Å². The lowest BCUT2D eigenvalue weighted by molar-refractivity contribution is -0.159. The number of likely N-dealkylation sites (N-methyl/N-ethyl adjacent to an activating group) is 2. The number of likely N-dealkylation sites (tertiary alicyclic amines) is 1. The Balaban J connectivity index is 2.31. The predicted molar refractivity (Wildman–Crippen MR) is 218 cm³/mol. The Morgan fingerprint density at radius 2 is 1.50 bits per heavy atom. The van der Waals surface area contributed by atoms with Crippen molar-refractivity contribution >= 4 is 29.6 Å². The van der Waals surface area contributed by atoms with Crippen LogP contribution in [-0.4, -0.2) is 122 Å². The summed E-state index contributed by atoms with van der Waals surface area (Å²) in [6.07, 6.45) is 1.04. The standard InChI is InChI=1S/C43H73N5O8/c1-15-28(6)37(47(12)41(52)36(27(4)5)46-40(51)35(44-11)26(2)3)33(54-13)25-34(49)48-23-19-22-32(48)38(55-14)29(7)39(50)45-31(42(53)56-43(8,9)10)24-30-20-17-16-18-21-30/h16-18,20-21,26-29,31-33,35-38,44H,15,19,22-25H2,1-14H3,(H,45,50)(H,46,51)/t28-,29+,31?,32-,33+,35-,36-,37-,38+/m0/s1. The van der Waals surface area contributed by atoms with Gasteiger partial charge in [-0.3, -0.25) is 19.2 Å². The fourth-order valence-electron chi connectivity index (χ4n) is 7.77. The van der Waals surface area contributed by atoms with Crippen molar-refractivity contribution in [3.63, 3.8) is 0 Å². The molecule has 9 atom stereocenters. The molecule has 1 heterocycles. The van der Waals surface area contributed by atoms with E-state index in [1.165, 1.54) is 7.11 Å². The van der Waals surface area contributed by atoms with Crippen molar-refractivity contribution in [3.8, 4) is 0 Å². The number of esters is 1. The van der Waals surface area contributed by atoms with E-state index in [2.05, 4.69) is 16.0 Å². The van der Waals surface area contributed by atoms with E-state index >= 15 is 0 Å².